The lowest BCUT2D eigenvalue weighted by atomic mass is 10.2. The van der Waals surface area contributed by atoms with Gasteiger partial charge in [0.15, 0.2) is 0 Å². The highest BCUT2D eigenvalue weighted by atomic mass is 32.1. The van der Waals surface area contributed by atoms with Crippen LogP contribution in [-0.4, -0.2) is 24.5 Å². The number of nitrogens with one attached hydrogen (secondary N) is 1. The third kappa shape index (κ3) is 3.34. The van der Waals surface area contributed by atoms with Gasteiger partial charge in [0.25, 0.3) is 0 Å². The lowest BCUT2D eigenvalue weighted by Crippen LogP contribution is -2.26. The number of ether oxygens (including phenoxy) is 1. The number of aromatic nitrogens is 1. The fraction of sp³-hybridized carbons (Fsp3) is 0.286. The van der Waals surface area contributed by atoms with Crippen molar-refractivity contribution >= 4 is 22.2 Å². The standard InChI is InChI=1S/C14H17N3O2S/c1-9(7-15)13(18)17-12-8-16-14(20-12)10-4-3-5-11(6-10)19-2/h3-6,8-9H,7,15H2,1-2H3,(H,17,18). The highest BCUT2D eigenvalue weighted by molar-refractivity contribution is 7.19. The third-order valence-corrected chi connectivity index (χ3v) is 3.83. The van der Waals surface area contributed by atoms with Gasteiger partial charge in [-0.05, 0) is 12.1 Å². The smallest absolute Gasteiger partial charge is 0.229 e. The molecule has 106 valence electrons. The van der Waals surface area contributed by atoms with Crippen LogP contribution in [0.3, 0.4) is 0 Å². The Morgan fingerprint density at radius 2 is 2.35 bits per heavy atom. The Hall–Kier alpha value is -1.92. The van der Waals surface area contributed by atoms with Crippen LogP contribution in [0.25, 0.3) is 10.6 Å². The van der Waals surface area contributed by atoms with E-state index in [2.05, 4.69) is 10.3 Å². The number of carbonyl (C=O) groups is 1. The van der Waals surface area contributed by atoms with Crippen LogP contribution in [0.4, 0.5) is 5.00 Å². The zero-order valence-corrected chi connectivity index (χ0v) is 12.2. The fourth-order valence-electron chi connectivity index (χ4n) is 1.57. The van der Waals surface area contributed by atoms with Crippen LogP contribution in [-0.2, 0) is 4.79 Å². The molecule has 1 amide bonds. The summed E-state index contributed by atoms with van der Waals surface area (Å²) in [4.78, 5) is 16.1. The van der Waals surface area contributed by atoms with Crippen LogP contribution >= 0.6 is 11.3 Å². The van der Waals surface area contributed by atoms with Gasteiger partial charge in [0.2, 0.25) is 5.91 Å². The number of benzene rings is 1. The molecule has 0 saturated heterocycles. The molecule has 20 heavy (non-hydrogen) atoms. The summed E-state index contributed by atoms with van der Waals surface area (Å²) in [7, 11) is 1.63. The molecule has 0 bridgehead atoms. The van der Waals surface area contributed by atoms with Crippen molar-refractivity contribution in [1.29, 1.82) is 0 Å². The number of thiazole rings is 1. The second-order valence-electron chi connectivity index (χ2n) is 4.39. The van der Waals surface area contributed by atoms with Crippen molar-refractivity contribution in [3.05, 3.63) is 30.5 Å². The van der Waals surface area contributed by atoms with E-state index >= 15 is 0 Å². The molecule has 0 aliphatic carbocycles. The Labute approximate surface area is 121 Å². The topological polar surface area (TPSA) is 77.2 Å². The lowest BCUT2D eigenvalue weighted by molar-refractivity contribution is -0.119. The van der Waals surface area contributed by atoms with Crippen molar-refractivity contribution in [1.82, 2.24) is 4.98 Å². The minimum absolute atomic E-state index is 0.0895. The normalized spacial score (nSPS) is 11.9. The fourth-order valence-corrected chi connectivity index (χ4v) is 2.39. The van der Waals surface area contributed by atoms with E-state index in [1.165, 1.54) is 11.3 Å². The minimum atomic E-state index is -0.211. The molecule has 1 aromatic carbocycles. The molecule has 1 heterocycles. The van der Waals surface area contributed by atoms with Gasteiger partial charge in [-0.25, -0.2) is 4.98 Å². The monoisotopic (exact) mass is 291 g/mol. The molecule has 1 unspecified atom stereocenters. The van der Waals surface area contributed by atoms with E-state index in [1.807, 2.05) is 24.3 Å². The Morgan fingerprint density at radius 3 is 3.05 bits per heavy atom. The van der Waals surface area contributed by atoms with E-state index in [1.54, 1.807) is 20.2 Å². The first-order chi connectivity index (χ1) is 9.63. The zero-order valence-electron chi connectivity index (χ0n) is 11.4. The van der Waals surface area contributed by atoms with Gasteiger partial charge in [-0.3, -0.25) is 4.79 Å². The number of hydrogen-bond acceptors (Lipinski definition) is 5. The first kappa shape index (κ1) is 14.5. The van der Waals surface area contributed by atoms with Crippen LogP contribution < -0.4 is 15.8 Å². The van der Waals surface area contributed by atoms with Crippen molar-refractivity contribution < 1.29 is 9.53 Å². The number of methoxy groups -OCH3 is 1. The van der Waals surface area contributed by atoms with Gasteiger partial charge in [0, 0.05) is 18.0 Å². The molecule has 1 atom stereocenters. The molecule has 3 N–H and O–H groups in total. The molecular formula is C14H17N3O2S. The van der Waals surface area contributed by atoms with Gasteiger partial charge in [-0.2, -0.15) is 0 Å². The predicted octanol–water partition coefficient (Wildman–Crippen LogP) is 2.35. The summed E-state index contributed by atoms with van der Waals surface area (Å²) in [6.07, 6.45) is 1.65. The highest BCUT2D eigenvalue weighted by Crippen LogP contribution is 2.30. The number of nitrogens with zero attached hydrogens (tertiary/aromatic N) is 1. The molecule has 1 aromatic heterocycles. The second-order valence-corrected chi connectivity index (χ2v) is 5.42. The molecule has 0 fully saturated rings. The molecule has 5 nitrogen and oxygen atoms in total. The molecule has 6 heteroatoms. The molecule has 0 saturated carbocycles. The summed E-state index contributed by atoms with van der Waals surface area (Å²) < 4.78 is 5.19. The van der Waals surface area contributed by atoms with E-state index in [0.29, 0.717) is 11.5 Å². The number of carbonyl (C=O) groups excluding carboxylic acids is 1. The number of anilines is 1. The van der Waals surface area contributed by atoms with Gasteiger partial charge in [-0.1, -0.05) is 30.4 Å². The second kappa shape index (κ2) is 6.49. The molecule has 2 aromatic rings. The van der Waals surface area contributed by atoms with Gasteiger partial charge < -0.3 is 15.8 Å². The van der Waals surface area contributed by atoms with Crippen molar-refractivity contribution in [3.63, 3.8) is 0 Å². The number of rotatable bonds is 5. The summed E-state index contributed by atoms with van der Waals surface area (Å²) in [6, 6.07) is 7.65. The van der Waals surface area contributed by atoms with Crippen LogP contribution in [0, 0.1) is 5.92 Å². The maximum absolute atomic E-state index is 11.8. The number of hydrogen-bond donors (Lipinski definition) is 2. The van der Waals surface area contributed by atoms with Crippen molar-refractivity contribution in [3.8, 4) is 16.3 Å². The summed E-state index contributed by atoms with van der Waals surface area (Å²) >= 11 is 1.42. The van der Waals surface area contributed by atoms with Crippen LogP contribution in [0.2, 0.25) is 0 Å². The summed E-state index contributed by atoms with van der Waals surface area (Å²) in [5, 5.41) is 4.37. The van der Waals surface area contributed by atoms with E-state index in [9.17, 15) is 4.79 Å². The molecule has 0 radical (unpaired) electrons. The van der Waals surface area contributed by atoms with Crippen LogP contribution in [0.5, 0.6) is 5.75 Å². The summed E-state index contributed by atoms with van der Waals surface area (Å²) in [6.45, 7) is 2.12. The Bertz CT molecular complexity index is 598. The zero-order chi connectivity index (χ0) is 14.5. The Morgan fingerprint density at radius 1 is 1.55 bits per heavy atom. The minimum Gasteiger partial charge on any atom is -0.497 e. The van der Waals surface area contributed by atoms with Crippen molar-refractivity contribution in [2.75, 3.05) is 19.0 Å². The van der Waals surface area contributed by atoms with Gasteiger partial charge in [0.05, 0.1) is 13.3 Å². The molecule has 0 spiro atoms. The van der Waals surface area contributed by atoms with Gasteiger partial charge >= 0.3 is 0 Å². The highest BCUT2D eigenvalue weighted by Gasteiger charge is 2.13. The van der Waals surface area contributed by atoms with E-state index in [-0.39, 0.29) is 11.8 Å². The maximum Gasteiger partial charge on any atom is 0.229 e. The van der Waals surface area contributed by atoms with E-state index < -0.39 is 0 Å². The molecule has 0 aliphatic heterocycles. The summed E-state index contributed by atoms with van der Waals surface area (Å²) in [5.74, 6) is 0.478. The van der Waals surface area contributed by atoms with E-state index in [4.69, 9.17) is 10.5 Å². The quantitative estimate of drug-likeness (QED) is 0.886. The molecular weight excluding hydrogens is 274 g/mol. The Balaban J connectivity index is 2.14. The maximum atomic E-state index is 11.8. The summed E-state index contributed by atoms with van der Waals surface area (Å²) in [5.41, 5.74) is 6.43. The van der Waals surface area contributed by atoms with Gasteiger partial charge in [-0.15, -0.1) is 0 Å². The SMILES string of the molecule is COc1cccc(-c2ncc(NC(=O)C(C)CN)s2)c1. The molecule has 0 aliphatic rings. The van der Waals surface area contributed by atoms with Gasteiger partial charge in [0.1, 0.15) is 15.8 Å². The third-order valence-electron chi connectivity index (χ3n) is 2.87. The predicted molar refractivity (Wildman–Crippen MR) is 81.0 cm³/mol. The largest absolute Gasteiger partial charge is 0.497 e. The lowest BCUT2D eigenvalue weighted by Gasteiger charge is -2.07. The first-order valence-electron chi connectivity index (χ1n) is 6.25. The average Bonchev–Trinajstić information content (AvgIpc) is 2.94. The van der Waals surface area contributed by atoms with E-state index in [0.717, 1.165) is 16.3 Å². The van der Waals surface area contributed by atoms with Crippen molar-refractivity contribution in [2.45, 2.75) is 6.92 Å². The number of nitrogens with two attached hydrogens (primary N) is 1. The van der Waals surface area contributed by atoms with Crippen LogP contribution in [0.15, 0.2) is 30.5 Å². The Kier molecular flexibility index (Phi) is 4.70. The first-order valence-corrected chi connectivity index (χ1v) is 7.07. The average molecular weight is 291 g/mol. The van der Waals surface area contributed by atoms with Crippen molar-refractivity contribution in [2.24, 2.45) is 11.7 Å². The number of amides is 1. The molecule has 2 rings (SSSR count). The van der Waals surface area contributed by atoms with Crippen LogP contribution in [0.1, 0.15) is 6.92 Å².